The predicted octanol–water partition coefficient (Wildman–Crippen LogP) is 2.56. The molecule has 0 aromatic heterocycles. The molecule has 64 valence electrons. The van der Waals surface area contributed by atoms with Crippen LogP contribution in [0.25, 0.3) is 0 Å². The number of rotatable bonds is 2. The van der Waals surface area contributed by atoms with E-state index in [1.54, 1.807) is 0 Å². The van der Waals surface area contributed by atoms with Crippen LogP contribution in [0.15, 0.2) is 24.3 Å². The average molecular weight is 179 g/mol. The molecule has 1 heterocycles. The van der Waals surface area contributed by atoms with E-state index < -0.39 is 0 Å². The zero-order chi connectivity index (χ0) is 8.39. The molecule has 0 aliphatic carbocycles. The fourth-order valence-electron chi connectivity index (χ4n) is 1.71. The van der Waals surface area contributed by atoms with Crippen LogP contribution in [0.2, 0.25) is 0 Å². The van der Waals surface area contributed by atoms with Gasteiger partial charge in [-0.1, -0.05) is 18.2 Å². The van der Waals surface area contributed by atoms with E-state index >= 15 is 0 Å². The number of nitrogens with one attached hydrogen (secondary N) is 1. The fraction of sp³-hybridized carbons (Fsp3) is 0.400. The highest BCUT2D eigenvalue weighted by atomic mass is 32.2. The summed E-state index contributed by atoms with van der Waals surface area (Å²) in [4.78, 5) is 0. The van der Waals surface area contributed by atoms with Gasteiger partial charge in [0.1, 0.15) is 0 Å². The lowest BCUT2D eigenvalue weighted by Crippen LogP contribution is -2.03. The summed E-state index contributed by atoms with van der Waals surface area (Å²) in [6.07, 6.45) is 2.17. The molecule has 1 aromatic rings. The van der Waals surface area contributed by atoms with Crippen molar-refractivity contribution in [2.45, 2.75) is 5.92 Å². The highest BCUT2D eigenvalue weighted by Crippen LogP contribution is 2.32. The largest absolute Gasteiger partial charge is 0.384 e. The van der Waals surface area contributed by atoms with Gasteiger partial charge >= 0.3 is 0 Å². The van der Waals surface area contributed by atoms with Crippen molar-refractivity contribution >= 4 is 17.4 Å². The van der Waals surface area contributed by atoms with E-state index in [4.69, 9.17) is 0 Å². The number of benzene rings is 1. The first-order valence-corrected chi connectivity index (χ1v) is 5.63. The maximum atomic E-state index is 3.42. The smallest absolute Gasteiger partial charge is 0.0376 e. The standard InChI is InChI=1S/C10H13NS/c1-12-7-8-6-11-10-5-3-2-4-9(8)10/h2-5,8,11H,6-7H2,1H3. The second-order valence-corrected chi connectivity index (χ2v) is 4.03. The Morgan fingerprint density at radius 3 is 3.17 bits per heavy atom. The average Bonchev–Trinajstić information content (AvgIpc) is 2.50. The number of fused-ring (bicyclic) bond motifs is 1. The summed E-state index contributed by atoms with van der Waals surface area (Å²) in [7, 11) is 0. The van der Waals surface area contributed by atoms with Gasteiger partial charge in [-0.3, -0.25) is 0 Å². The van der Waals surface area contributed by atoms with E-state index in [0.29, 0.717) is 0 Å². The van der Waals surface area contributed by atoms with Gasteiger partial charge in [-0.2, -0.15) is 11.8 Å². The summed E-state index contributed by atoms with van der Waals surface area (Å²) < 4.78 is 0. The normalized spacial score (nSPS) is 20.2. The van der Waals surface area contributed by atoms with Crippen LogP contribution in [0.3, 0.4) is 0 Å². The minimum atomic E-state index is 0.719. The number of thioether (sulfide) groups is 1. The summed E-state index contributed by atoms with van der Waals surface area (Å²) in [6.45, 7) is 1.11. The highest BCUT2D eigenvalue weighted by molar-refractivity contribution is 7.98. The zero-order valence-electron chi connectivity index (χ0n) is 7.21. The number of para-hydroxylation sites is 1. The Morgan fingerprint density at radius 1 is 1.50 bits per heavy atom. The molecule has 1 atom stereocenters. The molecule has 1 nitrogen and oxygen atoms in total. The van der Waals surface area contributed by atoms with Crippen molar-refractivity contribution in [3.63, 3.8) is 0 Å². The molecule has 1 unspecified atom stereocenters. The summed E-state index contributed by atoms with van der Waals surface area (Å²) >= 11 is 1.92. The molecule has 0 bridgehead atoms. The molecule has 2 rings (SSSR count). The molecule has 0 spiro atoms. The lowest BCUT2D eigenvalue weighted by Gasteiger charge is -2.06. The molecule has 1 N–H and O–H groups in total. The van der Waals surface area contributed by atoms with Crippen molar-refractivity contribution in [3.05, 3.63) is 29.8 Å². The molecule has 1 aliphatic rings. The summed E-state index contributed by atoms with van der Waals surface area (Å²) in [5, 5.41) is 3.42. The van der Waals surface area contributed by atoms with Gasteiger partial charge < -0.3 is 5.32 Å². The van der Waals surface area contributed by atoms with Gasteiger partial charge in [0.2, 0.25) is 0 Å². The SMILES string of the molecule is CSCC1CNc2ccccc21. The summed E-state index contributed by atoms with van der Waals surface area (Å²) in [5.41, 5.74) is 2.82. The molecule has 0 fully saturated rings. The van der Waals surface area contributed by atoms with Crippen LogP contribution < -0.4 is 5.32 Å². The van der Waals surface area contributed by atoms with Crippen LogP contribution in [0, 0.1) is 0 Å². The van der Waals surface area contributed by atoms with E-state index in [1.807, 2.05) is 11.8 Å². The Labute approximate surface area is 77.6 Å². The Balaban J connectivity index is 2.24. The monoisotopic (exact) mass is 179 g/mol. The van der Waals surface area contributed by atoms with Crippen molar-refractivity contribution in [1.29, 1.82) is 0 Å². The Morgan fingerprint density at radius 2 is 2.33 bits per heavy atom. The second-order valence-electron chi connectivity index (χ2n) is 3.12. The third-order valence-electron chi connectivity index (χ3n) is 2.31. The molecule has 1 aliphatic heterocycles. The van der Waals surface area contributed by atoms with Crippen LogP contribution in [-0.4, -0.2) is 18.6 Å². The predicted molar refractivity (Wildman–Crippen MR) is 56.1 cm³/mol. The van der Waals surface area contributed by atoms with E-state index in [9.17, 15) is 0 Å². The van der Waals surface area contributed by atoms with Gasteiger partial charge in [-0.15, -0.1) is 0 Å². The van der Waals surface area contributed by atoms with E-state index in [1.165, 1.54) is 17.0 Å². The van der Waals surface area contributed by atoms with E-state index in [0.717, 1.165) is 12.5 Å². The molecular weight excluding hydrogens is 166 g/mol. The zero-order valence-corrected chi connectivity index (χ0v) is 8.03. The molecular formula is C10H13NS. The van der Waals surface area contributed by atoms with Crippen LogP contribution in [-0.2, 0) is 0 Å². The Bertz CT molecular complexity index is 270. The fourth-order valence-corrected chi connectivity index (χ4v) is 2.41. The van der Waals surface area contributed by atoms with Crippen LogP contribution in [0.1, 0.15) is 11.5 Å². The van der Waals surface area contributed by atoms with Crippen LogP contribution >= 0.6 is 11.8 Å². The van der Waals surface area contributed by atoms with Gasteiger partial charge in [-0.05, 0) is 17.9 Å². The first kappa shape index (κ1) is 7.99. The Hall–Kier alpha value is -0.630. The maximum Gasteiger partial charge on any atom is 0.0376 e. The molecule has 12 heavy (non-hydrogen) atoms. The summed E-state index contributed by atoms with van der Waals surface area (Å²) in [5.74, 6) is 1.94. The maximum absolute atomic E-state index is 3.42. The molecule has 0 radical (unpaired) electrons. The second kappa shape index (κ2) is 3.40. The van der Waals surface area contributed by atoms with Gasteiger partial charge in [0.25, 0.3) is 0 Å². The van der Waals surface area contributed by atoms with Crippen molar-refractivity contribution in [2.24, 2.45) is 0 Å². The molecule has 1 aromatic carbocycles. The van der Waals surface area contributed by atoms with Gasteiger partial charge in [-0.25, -0.2) is 0 Å². The van der Waals surface area contributed by atoms with Crippen LogP contribution in [0.4, 0.5) is 5.69 Å². The van der Waals surface area contributed by atoms with Crippen molar-refractivity contribution in [1.82, 2.24) is 0 Å². The lowest BCUT2D eigenvalue weighted by atomic mass is 10.0. The van der Waals surface area contributed by atoms with Gasteiger partial charge in [0.15, 0.2) is 0 Å². The number of hydrogen-bond acceptors (Lipinski definition) is 2. The topological polar surface area (TPSA) is 12.0 Å². The minimum absolute atomic E-state index is 0.719. The van der Waals surface area contributed by atoms with Crippen molar-refractivity contribution < 1.29 is 0 Å². The molecule has 0 saturated heterocycles. The molecule has 0 saturated carbocycles. The quantitative estimate of drug-likeness (QED) is 0.749. The van der Waals surface area contributed by atoms with E-state index in [2.05, 4.69) is 35.8 Å². The molecule has 2 heteroatoms. The lowest BCUT2D eigenvalue weighted by molar-refractivity contribution is 0.868. The number of anilines is 1. The van der Waals surface area contributed by atoms with Crippen molar-refractivity contribution in [3.8, 4) is 0 Å². The highest BCUT2D eigenvalue weighted by Gasteiger charge is 2.20. The Kier molecular flexibility index (Phi) is 2.26. The van der Waals surface area contributed by atoms with Crippen molar-refractivity contribution in [2.75, 3.05) is 23.9 Å². The third kappa shape index (κ3) is 1.31. The summed E-state index contributed by atoms with van der Waals surface area (Å²) in [6, 6.07) is 8.61. The van der Waals surface area contributed by atoms with Gasteiger partial charge in [0, 0.05) is 23.9 Å². The third-order valence-corrected chi connectivity index (χ3v) is 3.04. The van der Waals surface area contributed by atoms with Crippen LogP contribution in [0.5, 0.6) is 0 Å². The van der Waals surface area contributed by atoms with E-state index in [-0.39, 0.29) is 0 Å². The minimum Gasteiger partial charge on any atom is -0.384 e. The first-order chi connectivity index (χ1) is 5.92. The number of hydrogen-bond donors (Lipinski definition) is 1. The molecule has 0 amide bonds. The first-order valence-electron chi connectivity index (χ1n) is 4.23. The van der Waals surface area contributed by atoms with Gasteiger partial charge in [0.05, 0.1) is 0 Å².